The van der Waals surface area contributed by atoms with Crippen LogP contribution >= 0.6 is 0 Å². The van der Waals surface area contributed by atoms with Gasteiger partial charge in [-0.05, 0) is 165 Å². The van der Waals surface area contributed by atoms with Crippen molar-refractivity contribution in [3.8, 4) is 0 Å². The van der Waals surface area contributed by atoms with Gasteiger partial charge in [0.25, 0.3) is 0 Å². The molecular formula is C51H82O8. The first kappa shape index (κ1) is 53.3. The number of rotatable bonds is 25. The van der Waals surface area contributed by atoms with Crippen molar-refractivity contribution in [1.29, 1.82) is 0 Å². The van der Waals surface area contributed by atoms with Crippen LogP contribution in [-0.4, -0.2) is 51.3 Å². The highest BCUT2D eigenvalue weighted by Gasteiger charge is 2.20. The number of esters is 4. The minimum absolute atomic E-state index is 0.135. The Kier molecular flexibility index (Phi) is 26.0. The smallest absolute Gasteiger partial charge is 0.338 e. The molecule has 0 heterocycles. The summed E-state index contributed by atoms with van der Waals surface area (Å²) in [4.78, 5) is 46.5. The van der Waals surface area contributed by atoms with Gasteiger partial charge in [-0.25, -0.2) is 19.2 Å². The average Bonchev–Trinajstić information content (AvgIpc) is 3.14. The second-order valence-electron chi connectivity index (χ2n) is 19.2. The minimum Gasteiger partial charge on any atom is -0.465 e. The van der Waals surface area contributed by atoms with Crippen molar-refractivity contribution in [2.75, 3.05) is 27.4 Å². The van der Waals surface area contributed by atoms with Crippen molar-refractivity contribution in [1.82, 2.24) is 0 Å². The van der Waals surface area contributed by atoms with E-state index < -0.39 is 23.9 Å². The molecule has 0 saturated carbocycles. The van der Waals surface area contributed by atoms with Gasteiger partial charge in [0.1, 0.15) is 13.2 Å². The van der Waals surface area contributed by atoms with Crippen LogP contribution in [0.5, 0.6) is 0 Å². The SMILES string of the molecule is CC(C)CC(C)CC(C)CC(C)CC(C)CC(C)CC(C)CC(C)CC(C)CC(C)C.COC(=O)c1ccc(C(=O)OCCOC(=O)c2ccc(C(=O)OC)cc2)cc1. The zero-order valence-electron chi connectivity index (χ0n) is 39.4. The lowest BCUT2D eigenvalue weighted by Gasteiger charge is -2.26. The fourth-order valence-electron chi connectivity index (χ4n) is 9.34. The highest BCUT2D eigenvalue weighted by atomic mass is 16.6. The quantitative estimate of drug-likeness (QED) is 0.0554. The number of methoxy groups -OCH3 is 2. The van der Waals surface area contributed by atoms with Crippen LogP contribution in [0.2, 0.25) is 0 Å². The summed E-state index contributed by atoms with van der Waals surface area (Å²) in [6, 6.07) is 11.5. The zero-order chi connectivity index (χ0) is 44.7. The molecule has 8 unspecified atom stereocenters. The minimum atomic E-state index is -0.616. The molecule has 8 nitrogen and oxygen atoms in total. The number of carbonyl (C=O) groups is 4. The molecule has 0 aromatic heterocycles. The number of ether oxygens (including phenoxy) is 4. The topological polar surface area (TPSA) is 105 Å². The maximum Gasteiger partial charge on any atom is 0.338 e. The molecule has 2 aromatic carbocycles. The van der Waals surface area contributed by atoms with Crippen molar-refractivity contribution in [2.24, 2.45) is 59.2 Å². The van der Waals surface area contributed by atoms with Crippen molar-refractivity contribution in [2.45, 2.75) is 141 Å². The summed E-state index contributed by atoms with van der Waals surface area (Å²) in [7, 11) is 2.53. The van der Waals surface area contributed by atoms with Crippen molar-refractivity contribution >= 4 is 23.9 Å². The number of carbonyl (C=O) groups excluding carboxylic acids is 4. The third-order valence-corrected chi connectivity index (χ3v) is 11.0. The molecule has 0 bridgehead atoms. The van der Waals surface area contributed by atoms with Crippen LogP contribution in [0.15, 0.2) is 48.5 Å². The predicted molar refractivity (Wildman–Crippen MR) is 241 cm³/mol. The molecule has 0 fully saturated rings. The lowest BCUT2D eigenvalue weighted by atomic mass is 9.79. The highest BCUT2D eigenvalue weighted by Crippen LogP contribution is 2.32. The van der Waals surface area contributed by atoms with Crippen molar-refractivity contribution in [3.05, 3.63) is 70.8 Å². The first-order chi connectivity index (χ1) is 27.7. The average molecular weight is 823 g/mol. The summed E-state index contributed by atoms with van der Waals surface area (Å²) >= 11 is 0. The van der Waals surface area contributed by atoms with E-state index in [1.54, 1.807) is 0 Å². The first-order valence-corrected chi connectivity index (χ1v) is 22.4. The van der Waals surface area contributed by atoms with E-state index in [4.69, 9.17) is 9.47 Å². The molecule has 334 valence electrons. The predicted octanol–water partition coefficient (Wildman–Crippen LogP) is 13.2. The summed E-state index contributed by atoms with van der Waals surface area (Å²) in [5, 5.41) is 0. The van der Waals surface area contributed by atoms with E-state index in [0.29, 0.717) is 11.1 Å². The molecule has 59 heavy (non-hydrogen) atoms. The van der Waals surface area contributed by atoms with Gasteiger partial charge >= 0.3 is 23.9 Å². The van der Waals surface area contributed by atoms with Crippen LogP contribution in [0, 0.1) is 59.2 Å². The lowest BCUT2D eigenvalue weighted by Crippen LogP contribution is -2.15. The van der Waals surface area contributed by atoms with Gasteiger partial charge in [-0.15, -0.1) is 0 Å². The van der Waals surface area contributed by atoms with E-state index >= 15 is 0 Å². The molecule has 0 N–H and O–H groups in total. The van der Waals surface area contributed by atoms with Gasteiger partial charge < -0.3 is 18.9 Å². The van der Waals surface area contributed by atoms with Crippen molar-refractivity contribution in [3.63, 3.8) is 0 Å². The van der Waals surface area contributed by atoms with Gasteiger partial charge in [-0.2, -0.15) is 0 Å². The summed E-state index contributed by atoms with van der Waals surface area (Å²) in [5.41, 5.74) is 1.12. The Bertz CT molecular complexity index is 1370. The van der Waals surface area contributed by atoms with Gasteiger partial charge in [0, 0.05) is 0 Å². The van der Waals surface area contributed by atoms with Crippen LogP contribution in [0.4, 0.5) is 0 Å². The normalized spacial score (nSPS) is 15.4. The highest BCUT2D eigenvalue weighted by molar-refractivity contribution is 5.94. The number of hydrogen-bond acceptors (Lipinski definition) is 8. The van der Waals surface area contributed by atoms with Gasteiger partial charge in [-0.1, -0.05) is 83.1 Å². The van der Waals surface area contributed by atoms with Crippen molar-refractivity contribution < 1.29 is 38.1 Å². The fraction of sp³-hybridized carbons (Fsp3) is 0.686. The Balaban J connectivity index is 0.000000592. The Hall–Kier alpha value is -3.68. The molecule has 0 radical (unpaired) electrons. The monoisotopic (exact) mass is 823 g/mol. The van der Waals surface area contributed by atoms with E-state index in [1.165, 1.54) is 121 Å². The molecule has 0 amide bonds. The number of benzene rings is 2. The van der Waals surface area contributed by atoms with Crippen LogP contribution < -0.4 is 0 Å². The van der Waals surface area contributed by atoms with Gasteiger partial charge in [0.05, 0.1) is 36.5 Å². The molecule has 2 rings (SSSR count). The first-order valence-electron chi connectivity index (χ1n) is 22.4. The maximum absolute atomic E-state index is 11.9. The van der Waals surface area contributed by atoms with E-state index in [9.17, 15) is 19.2 Å². The van der Waals surface area contributed by atoms with E-state index in [-0.39, 0.29) is 24.3 Å². The van der Waals surface area contributed by atoms with E-state index in [0.717, 1.165) is 59.2 Å². The standard InChI is InChI=1S/C31H64.C20H18O8/c1-22(2)13-24(5)15-26(7)17-28(9)19-30(11)21-31(12)20-29(10)18-27(8)16-25(6)14-23(3)4;1-25-17(21)13-3-7-15(8-4-13)19(23)27-11-12-28-20(24)16-9-5-14(6-10-16)18(22)26-2/h22-31H,13-21H2,1-12H3;3-10H,11-12H2,1-2H3. The molecule has 0 saturated heterocycles. The van der Waals surface area contributed by atoms with Crippen LogP contribution in [-0.2, 0) is 18.9 Å². The fourth-order valence-corrected chi connectivity index (χ4v) is 9.34. The maximum atomic E-state index is 11.9. The summed E-state index contributed by atoms with van der Waals surface area (Å²) < 4.78 is 19.2. The molecule has 8 heteroatoms. The largest absolute Gasteiger partial charge is 0.465 e. The third kappa shape index (κ3) is 23.6. The molecule has 0 aliphatic heterocycles. The molecule has 0 aliphatic carbocycles. The summed E-state index contributed by atoms with van der Waals surface area (Å²) in [6.07, 6.45) is 12.7. The second-order valence-corrected chi connectivity index (χ2v) is 19.2. The van der Waals surface area contributed by atoms with Gasteiger partial charge in [-0.3, -0.25) is 0 Å². The number of hydrogen-bond donors (Lipinski definition) is 0. The van der Waals surface area contributed by atoms with E-state index in [1.807, 2.05) is 0 Å². The molecule has 0 aliphatic rings. The lowest BCUT2D eigenvalue weighted by molar-refractivity contribution is 0.0265. The second kappa shape index (κ2) is 28.7. The van der Waals surface area contributed by atoms with Crippen LogP contribution in [0.1, 0.15) is 182 Å². The Morgan fingerprint density at radius 1 is 0.339 bits per heavy atom. The Morgan fingerprint density at radius 3 is 0.712 bits per heavy atom. The Morgan fingerprint density at radius 2 is 0.525 bits per heavy atom. The molecule has 8 atom stereocenters. The molecule has 0 spiro atoms. The van der Waals surface area contributed by atoms with Crippen LogP contribution in [0.25, 0.3) is 0 Å². The zero-order valence-corrected chi connectivity index (χ0v) is 39.4. The molecule has 2 aromatic rings. The third-order valence-electron chi connectivity index (χ3n) is 11.0. The molecular weight excluding hydrogens is 741 g/mol. The van der Waals surface area contributed by atoms with Gasteiger partial charge in [0.2, 0.25) is 0 Å². The Labute approximate surface area is 359 Å². The summed E-state index contributed by atoms with van der Waals surface area (Å²) in [6.45, 7) is 29.1. The summed E-state index contributed by atoms with van der Waals surface area (Å²) in [5.74, 6) is 6.48. The van der Waals surface area contributed by atoms with E-state index in [2.05, 4.69) is 92.6 Å². The van der Waals surface area contributed by atoms with Gasteiger partial charge in [0.15, 0.2) is 0 Å². The van der Waals surface area contributed by atoms with Crippen LogP contribution in [0.3, 0.4) is 0 Å².